The lowest BCUT2D eigenvalue weighted by atomic mass is 9.85. The van der Waals surface area contributed by atoms with Crippen molar-refractivity contribution in [2.75, 3.05) is 6.54 Å². The van der Waals surface area contributed by atoms with E-state index >= 15 is 0 Å². The highest BCUT2D eigenvalue weighted by Gasteiger charge is 2.29. The molecule has 2 heterocycles. The zero-order valence-corrected chi connectivity index (χ0v) is 10.8. The predicted octanol–water partition coefficient (Wildman–Crippen LogP) is 2.57. The van der Waals surface area contributed by atoms with E-state index in [1.54, 1.807) is 0 Å². The zero-order valence-electron chi connectivity index (χ0n) is 10.8. The van der Waals surface area contributed by atoms with Crippen LogP contribution in [0.25, 0.3) is 0 Å². The van der Waals surface area contributed by atoms with Gasteiger partial charge in [-0.25, -0.2) is 0 Å². The van der Waals surface area contributed by atoms with Gasteiger partial charge in [0.25, 0.3) is 0 Å². The Balaban J connectivity index is 1.67. The van der Waals surface area contributed by atoms with Gasteiger partial charge in [0.05, 0.1) is 0 Å². The number of benzene rings is 1. The number of rotatable bonds is 2. The first-order chi connectivity index (χ1) is 9.42. The zero-order chi connectivity index (χ0) is 12.7. The molecule has 0 amide bonds. The Morgan fingerprint density at radius 1 is 1.21 bits per heavy atom. The van der Waals surface area contributed by atoms with Crippen LogP contribution in [0.2, 0.25) is 0 Å². The summed E-state index contributed by atoms with van der Waals surface area (Å²) in [7, 11) is 0. The fraction of sp³-hybridized carbons (Fsp3) is 0.467. The lowest BCUT2D eigenvalue weighted by Crippen LogP contribution is -2.30. The van der Waals surface area contributed by atoms with Gasteiger partial charge in [-0.05, 0) is 30.4 Å². The van der Waals surface area contributed by atoms with Crippen molar-refractivity contribution in [1.82, 2.24) is 15.5 Å². The number of nitrogens with one attached hydrogen (secondary N) is 1. The van der Waals surface area contributed by atoms with Crippen LogP contribution in [0.3, 0.4) is 0 Å². The summed E-state index contributed by atoms with van der Waals surface area (Å²) < 4.78 is 5.49. The van der Waals surface area contributed by atoms with E-state index in [1.807, 2.05) is 0 Å². The van der Waals surface area contributed by atoms with Crippen molar-refractivity contribution in [1.29, 1.82) is 0 Å². The third-order valence-corrected chi connectivity index (χ3v) is 4.28. The molecule has 98 valence electrons. The van der Waals surface area contributed by atoms with Crippen molar-refractivity contribution in [2.45, 2.75) is 37.6 Å². The standard InChI is InChI=1S/C15H17N3O/c1-2-7-12-10(4-1)8-9-16-13(12)15-17-14(18-19-15)11-5-3-6-11/h1-2,4,7,11,13,16H,3,5-6,8-9H2. The summed E-state index contributed by atoms with van der Waals surface area (Å²) in [6.45, 7) is 0.961. The van der Waals surface area contributed by atoms with Crippen LogP contribution in [0.5, 0.6) is 0 Å². The van der Waals surface area contributed by atoms with Crippen LogP contribution in [-0.4, -0.2) is 16.7 Å². The molecule has 0 radical (unpaired) electrons. The quantitative estimate of drug-likeness (QED) is 0.896. The van der Waals surface area contributed by atoms with Crippen LogP contribution in [0.15, 0.2) is 28.8 Å². The third kappa shape index (κ3) is 1.87. The van der Waals surface area contributed by atoms with Crippen molar-refractivity contribution >= 4 is 0 Å². The van der Waals surface area contributed by atoms with Crippen LogP contribution in [0.1, 0.15) is 54.1 Å². The van der Waals surface area contributed by atoms with E-state index in [9.17, 15) is 0 Å². The summed E-state index contributed by atoms with van der Waals surface area (Å²) in [6.07, 6.45) is 4.76. The molecular formula is C15H17N3O. The maximum absolute atomic E-state index is 5.49. The fourth-order valence-corrected chi connectivity index (χ4v) is 2.92. The molecule has 1 aromatic carbocycles. The minimum Gasteiger partial charge on any atom is -0.337 e. The van der Waals surface area contributed by atoms with Crippen molar-refractivity contribution in [3.63, 3.8) is 0 Å². The van der Waals surface area contributed by atoms with E-state index in [1.165, 1.54) is 30.4 Å². The van der Waals surface area contributed by atoms with Gasteiger partial charge in [-0.2, -0.15) is 4.98 Å². The number of fused-ring (bicyclic) bond motifs is 1. The van der Waals surface area contributed by atoms with Crippen molar-refractivity contribution in [2.24, 2.45) is 0 Å². The van der Waals surface area contributed by atoms with Gasteiger partial charge in [0.15, 0.2) is 5.82 Å². The molecule has 1 aliphatic carbocycles. The molecule has 0 spiro atoms. The lowest BCUT2D eigenvalue weighted by molar-refractivity contribution is 0.327. The first kappa shape index (κ1) is 11.2. The Hall–Kier alpha value is -1.68. The third-order valence-electron chi connectivity index (χ3n) is 4.28. The smallest absolute Gasteiger partial charge is 0.248 e. The first-order valence-electron chi connectivity index (χ1n) is 7.06. The molecule has 1 fully saturated rings. The number of nitrogens with zero attached hydrogens (tertiary/aromatic N) is 2. The predicted molar refractivity (Wildman–Crippen MR) is 70.9 cm³/mol. The first-order valence-corrected chi connectivity index (χ1v) is 7.06. The van der Waals surface area contributed by atoms with E-state index in [0.29, 0.717) is 11.8 Å². The van der Waals surface area contributed by atoms with E-state index in [0.717, 1.165) is 18.8 Å². The Bertz CT molecular complexity index is 589. The Morgan fingerprint density at radius 3 is 2.95 bits per heavy atom. The molecule has 1 atom stereocenters. The van der Waals surface area contributed by atoms with Crippen LogP contribution in [0, 0.1) is 0 Å². The highest BCUT2D eigenvalue weighted by atomic mass is 16.5. The molecular weight excluding hydrogens is 238 g/mol. The molecule has 0 saturated heterocycles. The molecule has 2 aromatic rings. The second-order valence-electron chi connectivity index (χ2n) is 5.45. The molecule has 4 rings (SSSR count). The van der Waals surface area contributed by atoms with Crippen LogP contribution in [-0.2, 0) is 6.42 Å². The molecule has 4 heteroatoms. The van der Waals surface area contributed by atoms with E-state index in [2.05, 4.69) is 39.7 Å². The molecule has 1 saturated carbocycles. The normalized spacial score (nSPS) is 22.8. The Labute approximate surface area is 112 Å². The summed E-state index contributed by atoms with van der Waals surface area (Å²) in [6, 6.07) is 8.56. The van der Waals surface area contributed by atoms with Gasteiger partial charge in [-0.3, -0.25) is 0 Å². The minimum atomic E-state index is 0.0614. The molecule has 2 aliphatic rings. The summed E-state index contributed by atoms with van der Waals surface area (Å²) in [4.78, 5) is 4.61. The van der Waals surface area contributed by atoms with E-state index in [4.69, 9.17) is 4.52 Å². The fourth-order valence-electron chi connectivity index (χ4n) is 2.92. The SMILES string of the molecule is c1ccc2c(c1)CCNC2c1nc(C2CCC2)no1. The highest BCUT2D eigenvalue weighted by Crippen LogP contribution is 2.35. The largest absolute Gasteiger partial charge is 0.337 e. The van der Waals surface area contributed by atoms with Crippen LogP contribution < -0.4 is 5.32 Å². The Morgan fingerprint density at radius 2 is 2.11 bits per heavy atom. The number of hydrogen-bond donors (Lipinski definition) is 1. The molecule has 0 bridgehead atoms. The summed E-state index contributed by atoms with van der Waals surface area (Å²) >= 11 is 0. The second-order valence-corrected chi connectivity index (χ2v) is 5.45. The number of aromatic nitrogens is 2. The van der Waals surface area contributed by atoms with E-state index < -0.39 is 0 Å². The van der Waals surface area contributed by atoms with E-state index in [-0.39, 0.29) is 6.04 Å². The van der Waals surface area contributed by atoms with Crippen LogP contribution >= 0.6 is 0 Å². The molecule has 4 nitrogen and oxygen atoms in total. The molecule has 19 heavy (non-hydrogen) atoms. The summed E-state index contributed by atoms with van der Waals surface area (Å²) in [5, 5.41) is 7.64. The lowest BCUT2D eigenvalue weighted by Gasteiger charge is -2.24. The van der Waals surface area contributed by atoms with Gasteiger partial charge in [-0.15, -0.1) is 0 Å². The van der Waals surface area contributed by atoms with Gasteiger partial charge in [-0.1, -0.05) is 35.8 Å². The van der Waals surface area contributed by atoms with Crippen LogP contribution in [0.4, 0.5) is 0 Å². The van der Waals surface area contributed by atoms with Crippen molar-refractivity contribution in [3.05, 3.63) is 47.1 Å². The molecule has 1 aromatic heterocycles. The average Bonchev–Trinajstić information content (AvgIpc) is 2.85. The summed E-state index contributed by atoms with van der Waals surface area (Å²) in [5.74, 6) is 2.14. The van der Waals surface area contributed by atoms with Gasteiger partial charge in [0, 0.05) is 12.5 Å². The molecule has 1 N–H and O–H groups in total. The van der Waals surface area contributed by atoms with Gasteiger partial charge >= 0.3 is 0 Å². The Kier molecular flexibility index (Phi) is 2.62. The van der Waals surface area contributed by atoms with Crippen molar-refractivity contribution in [3.8, 4) is 0 Å². The second kappa shape index (κ2) is 4.46. The molecule has 1 aliphatic heterocycles. The van der Waals surface area contributed by atoms with Gasteiger partial charge in [0.1, 0.15) is 6.04 Å². The maximum Gasteiger partial charge on any atom is 0.248 e. The van der Waals surface area contributed by atoms with Gasteiger partial charge in [0.2, 0.25) is 5.89 Å². The molecule has 1 unspecified atom stereocenters. The van der Waals surface area contributed by atoms with Crippen molar-refractivity contribution < 1.29 is 4.52 Å². The average molecular weight is 255 g/mol. The van der Waals surface area contributed by atoms with Gasteiger partial charge < -0.3 is 9.84 Å². The maximum atomic E-state index is 5.49. The highest BCUT2D eigenvalue weighted by molar-refractivity contribution is 5.35. The monoisotopic (exact) mass is 255 g/mol. The number of hydrogen-bond acceptors (Lipinski definition) is 4. The minimum absolute atomic E-state index is 0.0614. The topological polar surface area (TPSA) is 51.0 Å². The summed E-state index contributed by atoms with van der Waals surface area (Å²) in [5.41, 5.74) is 2.66.